The van der Waals surface area contributed by atoms with Gasteiger partial charge in [0, 0.05) is 17.5 Å². The molecule has 0 saturated carbocycles. The minimum atomic E-state index is -3.52. The fourth-order valence-electron chi connectivity index (χ4n) is 2.45. The van der Waals surface area contributed by atoms with Crippen LogP contribution in [0.5, 0.6) is 5.75 Å². The lowest BCUT2D eigenvalue weighted by molar-refractivity contribution is 0.223. The molecule has 1 atom stereocenters. The van der Waals surface area contributed by atoms with Crippen molar-refractivity contribution in [1.29, 1.82) is 0 Å². The van der Waals surface area contributed by atoms with Crippen LogP contribution < -0.4 is 9.46 Å². The summed E-state index contributed by atoms with van der Waals surface area (Å²) in [4.78, 5) is 0.217. The predicted octanol–water partition coefficient (Wildman–Crippen LogP) is 2.87. The third-order valence-corrected chi connectivity index (χ3v) is 5.33. The highest BCUT2D eigenvalue weighted by Gasteiger charge is 2.22. The number of benzene rings is 2. The van der Waals surface area contributed by atoms with Crippen LogP contribution in [0.4, 0.5) is 0 Å². The highest BCUT2D eigenvalue weighted by molar-refractivity contribution is 7.89. The third kappa shape index (κ3) is 3.43. The average Bonchev–Trinajstić information content (AvgIpc) is 2.53. The summed E-state index contributed by atoms with van der Waals surface area (Å²) in [7, 11) is -3.52. The van der Waals surface area contributed by atoms with Crippen LogP contribution in [0.2, 0.25) is 5.02 Å². The standard InChI is InChI=1S/C16H16ClNO3S/c17-14-5-7-15(8-6-14)22(19,20)18-10-12-9-13-3-1-2-4-16(13)21-11-12/h1-8,12,18H,9-11H2. The van der Waals surface area contributed by atoms with E-state index in [2.05, 4.69) is 4.72 Å². The Bertz CT molecular complexity index is 759. The molecule has 1 unspecified atom stereocenters. The van der Waals surface area contributed by atoms with Crippen molar-refractivity contribution in [3.63, 3.8) is 0 Å². The van der Waals surface area contributed by atoms with Gasteiger partial charge < -0.3 is 4.74 Å². The van der Waals surface area contributed by atoms with E-state index in [9.17, 15) is 8.42 Å². The number of hydrogen-bond acceptors (Lipinski definition) is 3. The minimum Gasteiger partial charge on any atom is -0.493 e. The first-order chi connectivity index (χ1) is 10.5. The molecule has 0 spiro atoms. The van der Waals surface area contributed by atoms with Crippen LogP contribution in [-0.2, 0) is 16.4 Å². The summed E-state index contributed by atoms with van der Waals surface area (Å²) >= 11 is 5.78. The summed E-state index contributed by atoms with van der Waals surface area (Å²) in [6.07, 6.45) is 0.805. The lowest BCUT2D eigenvalue weighted by atomic mass is 9.97. The highest BCUT2D eigenvalue weighted by Crippen LogP contribution is 2.26. The molecule has 0 radical (unpaired) electrons. The molecule has 0 aliphatic carbocycles. The van der Waals surface area contributed by atoms with Crippen LogP contribution in [0, 0.1) is 5.92 Å². The van der Waals surface area contributed by atoms with Gasteiger partial charge in [-0.3, -0.25) is 0 Å². The second-order valence-corrected chi connectivity index (χ2v) is 7.50. The van der Waals surface area contributed by atoms with Gasteiger partial charge in [0.1, 0.15) is 5.75 Å². The zero-order chi connectivity index (χ0) is 15.6. The topological polar surface area (TPSA) is 55.4 Å². The number of hydrogen-bond donors (Lipinski definition) is 1. The van der Waals surface area contributed by atoms with Gasteiger partial charge in [-0.25, -0.2) is 13.1 Å². The summed E-state index contributed by atoms with van der Waals surface area (Å²) in [5.74, 6) is 1.01. The number of para-hydroxylation sites is 1. The van der Waals surface area contributed by atoms with E-state index >= 15 is 0 Å². The summed E-state index contributed by atoms with van der Waals surface area (Å²) in [6.45, 7) is 0.861. The molecule has 22 heavy (non-hydrogen) atoms. The number of ether oxygens (including phenoxy) is 1. The molecule has 6 heteroatoms. The van der Waals surface area contributed by atoms with Crippen LogP contribution in [0.3, 0.4) is 0 Å². The molecule has 2 aromatic rings. The molecule has 1 aliphatic heterocycles. The first-order valence-corrected chi connectivity index (χ1v) is 8.87. The second kappa shape index (κ2) is 6.28. The first kappa shape index (κ1) is 15.3. The van der Waals surface area contributed by atoms with Gasteiger partial charge in [-0.05, 0) is 42.3 Å². The number of halogens is 1. The third-order valence-electron chi connectivity index (χ3n) is 3.64. The van der Waals surface area contributed by atoms with Gasteiger partial charge in [-0.15, -0.1) is 0 Å². The van der Waals surface area contributed by atoms with Gasteiger partial charge in [-0.2, -0.15) is 0 Å². The molecule has 0 aromatic heterocycles. The number of nitrogens with one attached hydrogen (secondary N) is 1. The molecular formula is C16H16ClNO3S. The van der Waals surface area contributed by atoms with E-state index in [4.69, 9.17) is 16.3 Å². The van der Waals surface area contributed by atoms with E-state index < -0.39 is 10.0 Å². The predicted molar refractivity (Wildman–Crippen MR) is 85.8 cm³/mol. The van der Waals surface area contributed by atoms with Gasteiger partial charge in [0.25, 0.3) is 0 Å². The van der Waals surface area contributed by atoms with E-state index in [1.165, 1.54) is 12.1 Å². The zero-order valence-corrected chi connectivity index (χ0v) is 13.4. The van der Waals surface area contributed by atoms with E-state index in [1.807, 2.05) is 24.3 Å². The van der Waals surface area contributed by atoms with Crippen LogP contribution in [-0.4, -0.2) is 21.6 Å². The van der Waals surface area contributed by atoms with E-state index in [0.717, 1.165) is 17.7 Å². The maximum Gasteiger partial charge on any atom is 0.240 e. The first-order valence-electron chi connectivity index (χ1n) is 7.00. The number of sulfonamides is 1. The molecule has 2 aromatic carbocycles. The smallest absolute Gasteiger partial charge is 0.240 e. The Morgan fingerprint density at radius 2 is 1.86 bits per heavy atom. The number of fused-ring (bicyclic) bond motifs is 1. The quantitative estimate of drug-likeness (QED) is 0.933. The van der Waals surface area contributed by atoms with Crippen molar-refractivity contribution in [1.82, 2.24) is 4.72 Å². The van der Waals surface area contributed by atoms with Gasteiger partial charge in [0.2, 0.25) is 10.0 Å². The van der Waals surface area contributed by atoms with Crippen molar-refractivity contribution >= 4 is 21.6 Å². The Morgan fingerprint density at radius 1 is 1.14 bits per heavy atom. The molecular weight excluding hydrogens is 322 g/mol. The second-order valence-electron chi connectivity index (χ2n) is 5.29. The molecule has 1 N–H and O–H groups in total. The highest BCUT2D eigenvalue weighted by atomic mass is 35.5. The summed E-state index contributed by atoms with van der Waals surface area (Å²) in [5.41, 5.74) is 1.12. The lowest BCUT2D eigenvalue weighted by Gasteiger charge is -2.25. The molecule has 4 nitrogen and oxygen atoms in total. The average molecular weight is 338 g/mol. The van der Waals surface area contributed by atoms with Crippen molar-refractivity contribution in [2.45, 2.75) is 11.3 Å². The maximum atomic E-state index is 12.2. The van der Waals surface area contributed by atoms with Gasteiger partial charge >= 0.3 is 0 Å². The molecule has 1 heterocycles. The Hall–Kier alpha value is -1.56. The normalized spacial score (nSPS) is 17.6. The van der Waals surface area contributed by atoms with Crippen LogP contribution in [0.15, 0.2) is 53.4 Å². The molecule has 1 aliphatic rings. The number of rotatable bonds is 4. The Kier molecular flexibility index (Phi) is 4.38. The summed E-state index contributed by atoms with van der Waals surface area (Å²) in [5, 5.41) is 0.510. The molecule has 3 rings (SSSR count). The van der Waals surface area contributed by atoms with Crippen molar-refractivity contribution in [3.05, 3.63) is 59.1 Å². The van der Waals surface area contributed by atoms with E-state index in [-0.39, 0.29) is 10.8 Å². The summed E-state index contributed by atoms with van der Waals surface area (Å²) < 4.78 is 32.8. The van der Waals surface area contributed by atoms with Gasteiger partial charge in [0.15, 0.2) is 0 Å². The van der Waals surface area contributed by atoms with Crippen LogP contribution in [0.1, 0.15) is 5.56 Å². The SMILES string of the molecule is O=S(=O)(NCC1COc2ccccc2C1)c1ccc(Cl)cc1. The van der Waals surface area contributed by atoms with Gasteiger partial charge in [-0.1, -0.05) is 29.8 Å². The Morgan fingerprint density at radius 3 is 2.64 bits per heavy atom. The van der Waals surface area contributed by atoms with Crippen molar-refractivity contribution in [2.75, 3.05) is 13.2 Å². The fourth-order valence-corrected chi connectivity index (χ4v) is 3.69. The Balaban J connectivity index is 1.64. The monoisotopic (exact) mass is 337 g/mol. The summed E-state index contributed by atoms with van der Waals surface area (Å²) in [6, 6.07) is 14.0. The van der Waals surface area contributed by atoms with Crippen molar-refractivity contribution < 1.29 is 13.2 Å². The molecule has 0 saturated heterocycles. The fraction of sp³-hybridized carbons (Fsp3) is 0.250. The zero-order valence-electron chi connectivity index (χ0n) is 11.8. The lowest BCUT2D eigenvalue weighted by Crippen LogP contribution is -2.34. The maximum absolute atomic E-state index is 12.2. The minimum absolute atomic E-state index is 0.122. The van der Waals surface area contributed by atoms with Gasteiger partial charge in [0.05, 0.1) is 11.5 Å². The molecule has 116 valence electrons. The van der Waals surface area contributed by atoms with Crippen LogP contribution >= 0.6 is 11.6 Å². The van der Waals surface area contributed by atoms with Crippen molar-refractivity contribution in [2.24, 2.45) is 5.92 Å². The van der Waals surface area contributed by atoms with Crippen LogP contribution in [0.25, 0.3) is 0 Å². The molecule has 0 fully saturated rings. The molecule has 0 amide bonds. The Labute approximate surface area is 135 Å². The van der Waals surface area contributed by atoms with Crippen molar-refractivity contribution in [3.8, 4) is 5.75 Å². The largest absolute Gasteiger partial charge is 0.493 e. The van der Waals surface area contributed by atoms with E-state index in [1.54, 1.807) is 12.1 Å². The molecule has 0 bridgehead atoms. The van der Waals surface area contributed by atoms with E-state index in [0.29, 0.717) is 18.2 Å².